The van der Waals surface area contributed by atoms with E-state index in [-0.39, 0.29) is 17.1 Å². The fourth-order valence-electron chi connectivity index (χ4n) is 2.13. The molecule has 26 heavy (non-hydrogen) atoms. The molecule has 2 rings (SSSR count). The molecule has 0 heterocycles. The van der Waals surface area contributed by atoms with Crippen LogP contribution >= 0.6 is 11.6 Å². The minimum absolute atomic E-state index is 0.134. The zero-order chi connectivity index (χ0) is 19.1. The van der Waals surface area contributed by atoms with Crippen LogP contribution in [0.1, 0.15) is 5.56 Å². The van der Waals surface area contributed by atoms with Gasteiger partial charge in [-0.15, -0.1) is 0 Å². The van der Waals surface area contributed by atoms with E-state index in [4.69, 9.17) is 21.1 Å². The largest absolute Gasteiger partial charge is 0.495 e. The van der Waals surface area contributed by atoms with Crippen LogP contribution in [-0.4, -0.2) is 26.7 Å². The number of hydrogen-bond acceptors (Lipinski definition) is 4. The lowest BCUT2D eigenvalue weighted by atomic mass is 10.1. The van der Waals surface area contributed by atoms with Gasteiger partial charge < -0.3 is 19.5 Å². The third kappa shape index (κ3) is 5.10. The van der Waals surface area contributed by atoms with E-state index >= 15 is 0 Å². The zero-order valence-corrected chi connectivity index (χ0v) is 14.7. The number of carbonyl (C=O) groups excluding carboxylic acids is 1. The van der Waals surface area contributed by atoms with E-state index in [2.05, 4.69) is 10.1 Å². The van der Waals surface area contributed by atoms with Crippen molar-refractivity contribution in [2.24, 2.45) is 0 Å². The number of hydrogen-bond donors (Lipinski definition) is 1. The lowest BCUT2D eigenvalue weighted by molar-refractivity contribution is -0.111. The average Bonchev–Trinajstić information content (AvgIpc) is 2.60. The summed E-state index contributed by atoms with van der Waals surface area (Å²) in [5.74, 6) is -0.0150. The molecule has 0 fully saturated rings. The van der Waals surface area contributed by atoms with Gasteiger partial charge in [0.15, 0.2) is 11.5 Å². The molecule has 0 aliphatic heterocycles. The van der Waals surface area contributed by atoms with Crippen molar-refractivity contribution < 1.29 is 27.8 Å². The Morgan fingerprint density at radius 1 is 1.15 bits per heavy atom. The Kier molecular flexibility index (Phi) is 6.80. The summed E-state index contributed by atoms with van der Waals surface area (Å²) in [5, 5.41) is 2.95. The maximum absolute atomic E-state index is 12.6. The Morgan fingerprint density at radius 2 is 1.88 bits per heavy atom. The number of alkyl halides is 2. The minimum atomic E-state index is -3.02. The number of benzene rings is 2. The molecule has 0 saturated heterocycles. The van der Waals surface area contributed by atoms with E-state index in [1.165, 1.54) is 44.6 Å². The van der Waals surface area contributed by atoms with E-state index in [1.807, 2.05) is 0 Å². The molecule has 0 aliphatic rings. The Hall–Kier alpha value is -2.80. The van der Waals surface area contributed by atoms with E-state index in [1.54, 1.807) is 18.2 Å². The Bertz CT molecular complexity index is 812. The summed E-state index contributed by atoms with van der Waals surface area (Å²) in [7, 11) is 2.82. The van der Waals surface area contributed by atoms with Gasteiger partial charge in [-0.25, -0.2) is 0 Å². The molecular formula is C18H16ClF2NO4. The van der Waals surface area contributed by atoms with Gasteiger partial charge in [0, 0.05) is 17.3 Å². The predicted molar refractivity (Wildman–Crippen MR) is 95.3 cm³/mol. The van der Waals surface area contributed by atoms with Crippen molar-refractivity contribution in [2.75, 3.05) is 19.5 Å². The van der Waals surface area contributed by atoms with Crippen LogP contribution in [0.4, 0.5) is 14.5 Å². The van der Waals surface area contributed by atoms with Gasteiger partial charge in [-0.3, -0.25) is 4.79 Å². The van der Waals surface area contributed by atoms with E-state index in [9.17, 15) is 13.6 Å². The molecule has 2 aromatic carbocycles. The predicted octanol–water partition coefficient (Wildman–Crippen LogP) is 4.61. The van der Waals surface area contributed by atoms with Crippen LogP contribution in [0.15, 0.2) is 42.5 Å². The third-order valence-electron chi connectivity index (χ3n) is 3.27. The zero-order valence-electron chi connectivity index (χ0n) is 14.0. The highest BCUT2D eigenvalue weighted by Gasteiger charge is 2.14. The number of nitrogens with one attached hydrogen (secondary N) is 1. The van der Waals surface area contributed by atoms with Crippen LogP contribution < -0.4 is 19.5 Å². The van der Waals surface area contributed by atoms with E-state index in [0.717, 1.165) is 0 Å². The van der Waals surface area contributed by atoms with E-state index in [0.29, 0.717) is 16.5 Å². The summed E-state index contributed by atoms with van der Waals surface area (Å²) in [6.07, 6.45) is 2.53. The van der Waals surface area contributed by atoms with Gasteiger partial charge in [0.05, 0.1) is 19.2 Å². The van der Waals surface area contributed by atoms with Crippen molar-refractivity contribution in [1.29, 1.82) is 0 Å². The second kappa shape index (κ2) is 9.05. The maximum Gasteiger partial charge on any atom is 0.387 e. The Morgan fingerprint density at radius 3 is 2.50 bits per heavy atom. The second-order valence-corrected chi connectivity index (χ2v) is 5.34. The molecule has 0 aliphatic carbocycles. The summed E-state index contributed by atoms with van der Waals surface area (Å²) in [6, 6.07) is 9.36. The van der Waals surface area contributed by atoms with Crippen LogP contribution in [0.3, 0.4) is 0 Å². The summed E-state index contributed by atoms with van der Waals surface area (Å²) < 4.78 is 39.7. The third-order valence-corrected chi connectivity index (χ3v) is 3.57. The van der Waals surface area contributed by atoms with Crippen molar-refractivity contribution in [3.8, 4) is 17.2 Å². The van der Waals surface area contributed by atoms with Gasteiger partial charge in [-0.2, -0.15) is 8.78 Å². The van der Waals surface area contributed by atoms with Crippen molar-refractivity contribution in [1.82, 2.24) is 0 Å². The monoisotopic (exact) mass is 383 g/mol. The molecule has 0 unspecified atom stereocenters. The fraction of sp³-hybridized carbons (Fsp3) is 0.167. The smallest absolute Gasteiger partial charge is 0.387 e. The van der Waals surface area contributed by atoms with Crippen LogP contribution in [0.25, 0.3) is 6.08 Å². The quantitative estimate of drug-likeness (QED) is 0.709. The molecular weight excluding hydrogens is 368 g/mol. The van der Waals surface area contributed by atoms with Crippen molar-refractivity contribution in [2.45, 2.75) is 6.61 Å². The fourth-order valence-corrected chi connectivity index (χ4v) is 2.39. The summed E-state index contributed by atoms with van der Waals surface area (Å²) in [4.78, 5) is 12.0. The first-order valence-electron chi connectivity index (χ1n) is 7.39. The minimum Gasteiger partial charge on any atom is -0.495 e. The van der Waals surface area contributed by atoms with Crippen LogP contribution in [0, 0.1) is 0 Å². The summed E-state index contributed by atoms with van der Waals surface area (Å²) in [5.41, 5.74) is 0.729. The molecule has 0 radical (unpaired) electrons. The molecule has 8 heteroatoms. The topological polar surface area (TPSA) is 56.8 Å². The van der Waals surface area contributed by atoms with Gasteiger partial charge in [0.25, 0.3) is 0 Å². The number of para-hydroxylation sites is 1. The standard InChI is InChI=1S/C18H16ClF2NO4/c1-24-14-8-7-12(10-13(14)19)22-16(23)9-6-11-4-3-5-15(25-2)17(11)26-18(20)21/h3-10,18H,1-2H3,(H,22,23)/b9-6+. The first-order chi connectivity index (χ1) is 12.4. The molecule has 2 aromatic rings. The highest BCUT2D eigenvalue weighted by Crippen LogP contribution is 2.33. The first kappa shape index (κ1) is 19.5. The van der Waals surface area contributed by atoms with Crippen LogP contribution in [-0.2, 0) is 4.79 Å². The number of halogens is 3. The molecule has 0 aromatic heterocycles. The molecule has 138 valence electrons. The van der Waals surface area contributed by atoms with Gasteiger partial charge in [0.1, 0.15) is 5.75 Å². The summed E-state index contributed by atoms with van der Waals surface area (Å²) in [6.45, 7) is -3.02. The Balaban J connectivity index is 2.16. The number of ether oxygens (including phenoxy) is 3. The van der Waals surface area contributed by atoms with Crippen molar-refractivity contribution >= 4 is 29.3 Å². The molecule has 0 bridgehead atoms. The molecule has 0 spiro atoms. The highest BCUT2D eigenvalue weighted by atomic mass is 35.5. The second-order valence-electron chi connectivity index (χ2n) is 4.93. The molecule has 0 atom stereocenters. The SMILES string of the molecule is COc1ccc(NC(=O)/C=C/c2cccc(OC)c2OC(F)F)cc1Cl. The highest BCUT2D eigenvalue weighted by molar-refractivity contribution is 6.32. The Labute approximate surface area is 154 Å². The molecule has 5 nitrogen and oxygen atoms in total. The van der Waals surface area contributed by atoms with E-state index < -0.39 is 12.5 Å². The maximum atomic E-state index is 12.6. The van der Waals surface area contributed by atoms with Crippen LogP contribution in [0.5, 0.6) is 17.2 Å². The van der Waals surface area contributed by atoms with Gasteiger partial charge >= 0.3 is 6.61 Å². The molecule has 1 amide bonds. The molecule has 0 saturated carbocycles. The number of methoxy groups -OCH3 is 2. The van der Waals surface area contributed by atoms with Gasteiger partial charge in [0.2, 0.25) is 5.91 Å². The lowest BCUT2D eigenvalue weighted by Gasteiger charge is -2.12. The lowest BCUT2D eigenvalue weighted by Crippen LogP contribution is -2.08. The van der Waals surface area contributed by atoms with Gasteiger partial charge in [-0.1, -0.05) is 23.7 Å². The summed E-state index contributed by atoms with van der Waals surface area (Å²) >= 11 is 5.99. The number of amides is 1. The number of rotatable bonds is 7. The number of carbonyl (C=O) groups is 1. The molecule has 1 N–H and O–H groups in total. The van der Waals surface area contributed by atoms with Gasteiger partial charge in [-0.05, 0) is 30.3 Å². The number of anilines is 1. The van der Waals surface area contributed by atoms with Crippen LogP contribution in [0.2, 0.25) is 5.02 Å². The van der Waals surface area contributed by atoms with Crippen molar-refractivity contribution in [3.05, 3.63) is 53.1 Å². The average molecular weight is 384 g/mol. The normalized spacial score (nSPS) is 10.8. The first-order valence-corrected chi connectivity index (χ1v) is 7.76. The van der Waals surface area contributed by atoms with Crippen molar-refractivity contribution in [3.63, 3.8) is 0 Å².